The second kappa shape index (κ2) is 5.93. The summed E-state index contributed by atoms with van der Waals surface area (Å²) >= 11 is 0. The molecule has 108 valence electrons. The fourth-order valence-electron chi connectivity index (χ4n) is 2.12. The average Bonchev–Trinajstić information content (AvgIpc) is 2.38. The molecule has 0 spiro atoms. The molecule has 0 saturated carbocycles. The molecule has 1 aliphatic heterocycles. The summed E-state index contributed by atoms with van der Waals surface area (Å²) in [5.41, 5.74) is 0.0185. The Hall–Kier alpha value is -2.06. The molecule has 2 rings (SSSR count). The van der Waals surface area contributed by atoms with Gasteiger partial charge in [-0.15, -0.1) is 0 Å². The van der Waals surface area contributed by atoms with Gasteiger partial charge in [-0.2, -0.15) is 0 Å². The summed E-state index contributed by atoms with van der Waals surface area (Å²) < 4.78 is 18.4. The number of nitro groups is 1. The van der Waals surface area contributed by atoms with Crippen LogP contribution in [0.1, 0.15) is 5.56 Å². The van der Waals surface area contributed by atoms with Gasteiger partial charge in [0.1, 0.15) is 11.9 Å². The van der Waals surface area contributed by atoms with Gasteiger partial charge in [0.25, 0.3) is 5.69 Å². The maximum Gasteiger partial charge on any atom is 0.323 e. The Morgan fingerprint density at radius 3 is 2.95 bits per heavy atom. The third-order valence-corrected chi connectivity index (χ3v) is 3.06. The van der Waals surface area contributed by atoms with Crippen LogP contribution in [-0.4, -0.2) is 46.7 Å². The number of aliphatic carboxylic acids is 1. The van der Waals surface area contributed by atoms with Crippen LogP contribution >= 0.6 is 0 Å². The highest BCUT2D eigenvalue weighted by Gasteiger charge is 2.29. The SMILES string of the molecule is O=C(O)C1COCCN1Cc1cc(F)cc([N+](=O)[O-])c1. The second-order valence-electron chi connectivity index (χ2n) is 4.47. The molecule has 1 aliphatic rings. The predicted molar refractivity (Wildman–Crippen MR) is 65.7 cm³/mol. The van der Waals surface area contributed by atoms with Crippen molar-refractivity contribution in [3.63, 3.8) is 0 Å². The largest absolute Gasteiger partial charge is 0.480 e. The molecule has 1 N–H and O–H groups in total. The first-order chi connectivity index (χ1) is 9.47. The van der Waals surface area contributed by atoms with Gasteiger partial charge in [-0.3, -0.25) is 19.8 Å². The van der Waals surface area contributed by atoms with Crippen LogP contribution in [0.5, 0.6) is 0 Å². The lowest BCUT2D eigenvalue weighted by Crippen LogP contribution is -2.49. The highest BCUT2D eigenvalue weighted by Crippen LogP contribution is 2.19. The number of halogens is 1. The topological polar surface area (TPSA) is 92.9 Å². The van der Waals surface area contributed by atoms with Crippen molar-refractivity contribution in [3.05, 3.63) is 39.7 Å². The van der Waals surface area contributed by atoms with Crippen LogP contribution in [-0.2, 0) is 16.1 Å². The molecule has 0 amide bonds. The number of nitrogens with zero attached hydrogens (tertiary/aromatic N) is 2. The van der Waals surface area contributed by atoms with Gasteiger partial charge in [-0.25, -0.2) is 4.39 Å². The molecular formula is C12H13FN2O5. The van der Waals surface area contributed by atoms with Crippen LogP contribution in [0.3, 0.4) is 0 Å². The molecule has 1 heterocycles. The standard InChI is InChI=1S/C12H13FN2O5/c13-9-3-8(4-10(5-9)15(18)19)6-14-1-2-20-7-11(14)12(16)17/h3-5,11H,1-2,6-7H2,(H,16,17). The van der Waals surface area contributed by atoms with Crippen molar-refractivity contribution in [2.75, 3.05) is 19.8 Å². The van der Waals surface area contributed by atoms with E-state index in [1.807, 2.05) is 0 Å². The minimum atomic E-state index is -1.03. The van der Waals surface area contributed by atoms with Crippen LogP contribution in [0.2, 0.25) is 0 Å². The van der Waals surface area contributed by atoms with Gasteiger partial charge in [-0.1, -0.05) is 0 Å². The number of carbonyl (C=O) groups is 1. The van der Waals surface area contributed by atoms with Gasteiger partial charge in [0, 0.05) is 19.2 Å². The number of carboxylic acids is 1. The number of morpholine rings is 1. The Labute approximate surface area is 113 Å². The Morgan fingerprint density at radius 2 is 2.30 bits per heavy atom. The zero-order chi connectivity index (χ0) is 14.7. The molecule has 1 aromatic carbocycles. The summed E-state index contributed by atoms with van der Waals surface area (Å²) in [6.45, 7) is 0.925. The summed E-state index contributed by atoms with van der Waals surface area (Å²) in [6.07, 6.45) is 0. The van der Waals surface area contributed by atoms with Crippen LogP contribution in [0, 0.1) is 15.9 Å². The molecule has 1 saturated heterocycles. The third kappa shape index (κ3) is 3.28. The van der Waals surface area contributed by atoms with E-state index >= 15 is 0 Å². The van der Waals surface area contributed by atoms with Gasteiger partial charge in [-0.05, 0) is 11.6 Å². The van der Waals surface area contributed by atoms with Gasteiger partial charge < -0.3 is 9.84 Å². The van der Waals surface area contributed by atoms with E-state index in [4.69, 9.17) is 9.84 Å². The normalized spacial score (nSPS) is 19.8. The molecule has 20 heavy (non-hydrogen) atoms. The lowest BCUT2D eigenvalue weighted by Gasteiger charge is -2.32. The fourth-order valence-corrected chi connectivity index (χ4v) is 2.12. The highest BCUT2D eigenvalue weighted by atomic mass is 19.1. The van der Waals surface area contributed by atoms with Crippen molar-refractivity contribution in [1.82, 2.24) is 4.90 Å². The lowest BCUT2D eigenvalue weighted by molar-refractivity contribution is -0.385. The average molecular weight is 284 g/mol. The zero-order valence-corrected chi connectivity index (χ0v) is 10.5. The lowest BCUT2D eigenvalue weighted by atomic mass is 10.1. The molecule has 0 aromatic heterocycles. The number of hydrogen-bond acceptors (Lipinski definition) is 5. The van der Waals surface area contributed by atoms with Crippen LogP contribution in [0.15, 0.2) is 18.2 Å². The number of benzene rings is 1. The van der Waals surface area contributed by atoms with Crippen molar-refractivity contribution in [1.29, 1.82) is 0 Å². The Bertz CT molecular complexity index is 537. The molecular weight excluding hydrogens is 271 g/mol. The van der Waals surface area contributed by atoms with E-state index < -0.39 is 22.8 Å². The summed E-state index contributed by atoms with van der Waals surface area (Å²) in [4.78, 5) is 22.7. The Kier molecular flexibility index (Phi) is 4.26. The van der Waals surface area contributed by atoms with Crippen molar-refractivity contribution in [2.45, 2.75) is 12.6 Å². The number of rotatable bonds is 4. The van der Waals surface area contributed by atoms with E-state index in [0.717, 1.165) is 6.07 Å². The number of carboxylic acid groups (broad SMARTS) is 1. The maximum atomic E-state index is 13.3. The molecule has 7 nitrogen and oxygen atoms in total. The van der Waals surface area contributed by atoms with E-state index in [9.17, 15) is 19.3 Å². The zero-order valence-electron chi connectivity index (χ0n) is 10.5. The molecule has 0 aliphatic carbocycles. The first kappa shape index (κ1) is 14.4. The van der Waals surface area contributed by atoms with E-state index in [1.54, 1.807) is 4.90 Å². The maximum absolute atomic E-state index is 13.3. The van der Waals surface area contributed by atoms with Gasteiger partial charge in [0.05, 0.1) is 24.2 Å². The minimum Gasteiger partial charge on any atom is -0.480 e. The fraction of sp³-hybridized carbons (Fsp3) is 0.417. The van der Waals surface area contributed by atoms with Crippen molar-refractivity contribution < 1.29 is 24.0 Å². The number of non-ortho nitro benzene ring substituents is 1. The van der Waals surface area contributed by atoms with E-state index in [1.165, 1.54) is 12.1 Å². The first-order valence-corrected chi connectivity index (χ1v) is 5.96. The first-order valence-electron chi connectivity index (χ1n) is 5.96. The number of hydrogen-bond donors (Lipinski definition) is 1. The van der Waals surface area contributed by atoms with Gasteiger partial charge in [0.15, 0.2) is 0 Å². The van der Waals surface area contributed by atoms with Gasteiger partial charge >= 0.3 is 5.97 Å². The predicted octanol–water partition coefficient (Wildman–Crippen LogP) is 1.02. The van der Waals surface area contributed by atoms with Gasteiger partial charge in [0.2, 0.25) is 0 Å². The van der Waals surface area contributed by atoms with Crippen molar-refractivity contribution in [3.8, 4) is 0 Å². The molecule has 8 heteroatoms. The highest BCUT2D eigenvalue weighted by molar-refractivity contribution is 5.73. The van der Waals surface area contributed by atoms with Crippen LogP contribution < -0.4 is 0 Å². The molecule has 1 atom stereocenters. The smallest absolute Gasteiger partial charge is 0.323 e. The van der Waals surface area contributed by atoms with E-state index in [0.29, 0.717) is 18.7 Å². The van der Waals surface area contributed by atoms with Crippen LogP contribution in [0.25, 0.3) is 0 Å². The summed E-state index contributed by atoms with van der Waals surface area (Å²) in [6, 6.07) is 2.42. The van der Waals surface area contributed by atoms with E-state index in [2.05, 4.69) is 0 Å². The summed E-state index contributed by atoms with van der Waals surface area (Å²) in [5, 5.41) is 19.8. The minimum absolute atomic E-state index is 0.0484. The second-order valence-corrected chi connectivity index (χ2v) is 4.47. The summed E-state index contributed by atoms with van der Waals surface area (Å²) in [5.74, 6) is -1.75. The van der Waals surface area contributed by atoms with E-state index in [-0.39, 0.29) is 18.8 Å². The molecule has 0 bridgehead atoms. The van der Waals surface area contributed by atoms with Crippen molar-refractivity contribution >= 4 is 11.7 Å². The molecule has 1 aromatic rings. The molecule has 1 fully saturated rings. The number of ether oxygens (including phenoxy) is 1. The molecule has 0 radical (unpaired) electrons. The quantitative estimate of drug-likeness (QED) is 0.655. The Balaban J connectivity index is 2.19. The summed E-state index contributed by atoms with van der Waals surface area (Å²) in [7, 11) is 0. The van der Waals surface area contributed by atoms with Crippen molar-refractivity contribution in [2.24, 2.45) is 0 Å². The molecule has 1 unspecified atom stereocenters. The van der Waals surface area contributed by atoms with Crippen LogP contribution in [0.4, 0.5) is 10.1 Å². The monoisotopic (exact) mass is 284 g/mol. The Morgan fingerprint density at radius 1 is 1.55 bits per heavy atom. The third-order valence-electron chi connectivity index (χ3n) is 3.06. The number of nitro benzene ring substituents is 1.